The number of nitrogens with zero attached hydrogens (tertiary/aromatic N) is 1. The van der Waals surface area contributed by atoms with E-state index >= 15 is 0 Å². The van der Waals surface area contributed by atoms with Gasteiger partial charge in [0, 0.05) is 4.75 Å². The Morgan fingerprint density at radius 2 is 2.00 bits per heavy atom. The average Bonchev–Trinajstić information content (AvgIpc) is 2.86. The van der Waals surface area contributed by atoms with Crippen LogP contribution in [0, 0.1) is 0 Å². The number of nitrogens with one attached hydrogen (secondary N) is 1. The molecule has 8 heteroatoms. The van der Waals surface area contributed by atoms with E-state index in [4.69, 9.17) is 4.74 Å². The Bertz CT molecular complexity index is 724. The summed E-state index contributed by atoms with van der Waals surface area (Å²) in [5, 5.41) is 11.8. The number of hydrogen-bond donors (Lipinski definition) is 2. The smallest absolute Gasteiger partial charge is 0.327 e. The molecule has 7 nitrogen and oxygen atoms in total. The Morgan fingerprint density at radius 1 is 1.35 bits per heavy atom. The van der Waals surface area contributed by atoms with Crippen LogP contribution in [0.5, 0.6) is 5.75 Å². The van der Waals surface area contributed by atoms with Gasteiger partial charge in [-0.2, -0.15) is 0 Å². The molecule has 2 N–H and O–H groups in total. The van der Waals surface area contributed by atoms with E-state index in [1.807, 2.05) is 25.1 Å². The molecule has 2 fully saturated rings. The highest BCUT2D eigenvalue weighted by Crippen LogP contribution is 2.50. The third-order valence-electron chi connectivity index (χ3n) is 4.66. The maximum absolute atomic E-state index is 12.6. The average molecular weight is 378 g/mol. The number of ether oxygens (including phenoxy) is 1. The van der Waals surface area contributed by atoms with Crippen molar-refractivity contribution in [3.63, 3.8) is 0 Å². The molecule has 1 aromatic carbocycles. The highest BCUT2D eigenvalue weighted by Gasteiger charge is 2.64. The van der Waals surface area contributed by atoms with Gasteiger partial charge in [0.15, 0.2) is 6.10 Å². The van der Waals surface area contributed by atoms with Gasteiger partial charge in [-0.15, -0.1) is 11.8 Å². The van der Waals surface area contributed by atoms with E-state index in [-0.39, 0.29) is 17.2 Å². The first kappa shape index (κ1) is 18.6. The molecule has 0 aliphatic carbocycles. The maximum atomic E-state index is 12.6. The van der Waals surface area contributed by atoms with E-state index in [1.165, 1.54) is 16.7 Å². The number of amides is 2. The fourth-order valence-corrected chi connectivity index (χ4v) is 5.00. The molecule has 1 aromatic rings. The van der Waals surface area contributed by atoms with Gasteiger partial charge in [0.1, 0.15) is 23.2 Å². The number of carbonyl (C=O) groups is 3. The van der Waals surface area contributed by atoms with Crippen LogP contribution in [0.25, 0.3) is 0 Å². The van der Waals surface area contributed by atoms with E-state index in [0.717, 1.165) is 0 Å². The molecule has 2 aliphatic rings. The molecule has 4 atom stereocenters. The predicted octanol–water partition coefficient (Wildman–Crippen LogP) is 1.48. The van der Waals surface area contributed by atoms with Gasteiger partial charge in [0.05, 0.1) is 0 Å². The van der Waals surface area contributed by atoms with Crippen molar-refractivity contribution in [2.24, 2.45) is 0 Å². The van der Waals surface area contributed by atoms with Crippen LogP contribution < -0.4 is 10.1 Å². The van der Waals surface area contributed by atoms with Crippen molar-refractivity contribution < 1.29 is 24.2 Å². The standard InChI is InChI=1S/C18H22N2O5S/c1-4-11(25-10-8-6-5-7-9-10)14(21)19-12-15(22)20-13(17(23)24)18(2,3)26-16(12)20/h5-9,11-13,16H,4H2,1-3H3,(H,19,21)(H,23,24)/t11?,12-,13+,16-/m0/s1. The summed E-state index contributed by atoms with van der Waals surface area (Å²) in [6, 6.07) is 7.41. The fourth-order valence-electron chi connectivity index (χ4n) is 3.38. The van der Waals surface area contributed by atoms with Gasteiger partial charge in [0.25, 0.3) is 5.91 Å². The Labute approximate surface area is 156 Å². The van der Waals surface area contributed by atoms with Gasteiger partial charge < -0.3 is 20.1 Å². The normalized spacial score (nSPS) is 27.3. The Morgan fingerprint density at radius 3 is 2.58 bits per heavy atom. The summed E-state index contributed by atoms with van der Waals surface area (Å²) in [7, 11) is 0. The highest BCUT2D eigenvalue weighted by atomic mass is 32.2. The first-order chi connectivity index (χ1) is 12.3. The lowest BCUT2D eigenvalue weighted by Gasteiger charge is -2.43. The Balaban J connectivity index is 1.67. The van der Waals surface area contributed by atoms with E-state index in [2.05, 4.69) is 5.32 Å². The number of hydrogen-bond acceptors (Lipinski definition) is 5. The lowest BCUT2D eigenvalue weighted by molar-refractivity contribution is -0.161. The SMILES string of the molecule is CCC(Oc1ccccc1)C(=O)N[C@H]1C(=O)N2[C@H]1SC(C)(C)[C@H]2C(=O)O. The minimum atomic E-state index is -1.03. The number of para-hydroxylation sites is 1. The van der Waals surface area contributed by atoms with Crippen LogP contribution in [0.15, 0.2) is 30.3 Å². The highest BCUT2D eigenvalue weighted by molar-refractivity contribution is 8.01. The van der Waals surface area contributed by atoms with Crippen LogP contribution in [0.3, 0.4) is 0 Å². The molecule has 0 aromatic heterocycles. The van der Waals surface area contributed by atoms with Crippen molar-refractivity contribution in [2.45, 2.75) is 55.5 Å². The largest absolute Gasteiger partial charge is 0.481 e. The molecule has 2 heterocycles. The Kier molecular flexibility index (Phi) is 4.88. The topological polar surface area (TPSA) is 95.9 Å². The lowest BCUT2D eigenvalue weighted by Crippen LogP contribution is -2.71. The molecule has 2 amide bonds. The number of carboxylic acids is 1. The van der Waals surface area contributed by atoms with Crippen LogP contribution in [-0.2, 0) is 14.4 Å². The first-order valence-corrected chi connectivity index (χ1v) is 9.39. The summed E-state index contributed by atoms with van der Waals surface area (Å²) in [5.41, 5.74) is 0. The van der Waals surface area contributed by atoms with Crippen molar-refractivity contribution in [3.8, 4) is 5.75 Å². The molecule has 0 bridgehead atoms. The number of thioether (sulfide) groups is 1. The van der Waals surface area contributed by atoms with Gasteiger partial charge in [-0.3, -0.25) is 9.59 Å². The van der Waals surface area contributed by atoms with Crippen molar-refractivity contribution in [1.29, 1.82) is 0 Å². The summed E-state index contributed by atoms with van der Waals surface area (Å²) < 4.78 is 5.09. The van der Waals surface area contributed by atoms with Gasteiger partial charge in [0.2, 0.25) is 5.91 Å². The van der Waals surface area contributed by atoms with Crippen LogP contribution in [0.4, 0.5) is 0 Å². The molecule has 0 spiro atoms. The quantitative estimate of drug-likeness (QED) is 0.728. The van der Waals surface area contributed by atoms with Gasteiger partial charge in [-0.05, 0) is 32.4 Å². The van der Waals surface area contributed by atoms with Crippen molar-refractivity contribution >= 4 is 29.5 Å². The lowest BCUT2D eigenvalue weighted by atomic mass is 9.96. The monoisotopic (exact) mass is 378 g/mol. The van der Waals surface area contributed by atoms with E-state index in [0.29, 0.717) is 12.2 Å². The molecule has 140 valence electrons. The molecule has 3 rings (SSSR count). The van der Waals surface area contributed by atoms with Crippen molar-refractivity contribution in [2.75, 3.05) is 0 Å². The van der Waals surface area contributed by atoms with Gasteiger partial charge in [-0.25, -0.2) is 4.79 Å². The molecule has 1 unspecified atom stereocenters. The molecule has 2 aliphatic heterocycles. The number of rotatable bonds is 6. The number of carbonyl (C=O) groups excluding carboxylic acids is 2. The number of fused-ring (bicyclic) bond motifs is 1. The van der Waals surface area contributed by atoms with Crippen LogP contribution in [0.1, 0.15) is 27.2 Å². The van der Waals surface area contributed by atoms with Crippen molar-refractivity contribution in [3.05, 3.63) is 30.3 Å². The Hall–Kier alpha value is -2.22. The van der Waals surface area contributed by atoms with E-state index in [9.17, 15) is 19.5 Å². The number of aliphatic carboxylic acids is 1. The zero-order valence-electron chi connectivity index (χ0n) is 14.8. The minimum Gasteiger partial charge on any atom is -0.481 e. The minimum absolute atomic E-state index is 0.358. The second-order valence-electron chi connectivity index (χ2n) is 6.91. The number of benzene rings is 1. The maximum Gasteiger partial charge on any atom is 0.327 e. The first-order valence-electron chi connectivity index (χ1n) is 8.51. The predicted molar refractivity (Wildman–Crippen MR) is 96.8 cm³/mol. The molecule has 0 saturated carbocycles. The second kappa shape index (κ2) is 6.83. The van der Waals surface area contributed by atoms with Crippen LogP contribution in [0.2, 0.25) is 0 Å². The fraction of sp³-hybridized carbons (Fsp3) is 0.500. The van der Waals surface area contributed by atoms with Crippen LogP contribution in [-0.4, -0.2) is 56.1 Å². The zero-order chi connectivity index (χ0) is 19.1. The third kappa shape index (κ3) is 3.13. The second-order valence-corrected chi connectivity index (χ2v) is 8.68. The zero-order valence-corrected chi connectivity index (χ0v) is 15.7. The summed E-state index contributed by atoms with van der Waals surface area (Å²) in [5.74, 6) is -1.17. The summed E-state index contributed by atoms with van der Waals surface area (Å²) >= 11 is 1.40. The summed E-state index contributed by atoms with van der Waals surface area (Å²) in [6.07, 6.45) is -0.263. The molecule has 2 saturated heterocycles. The van der Waals surface area contributed by atoms with Crippen LogP contribution >= 0.6 is 11.8 Å². The molecule has 0 radical (unpaired) electrons. The number of carboxylic acid groups (broad SMARTS) is 1. The van der Waals surface area contributed by atoms with E-state index < -0.39 is 28.9 Å². The molecule has 26 heavy (non-hydrogen) atoms. The van der Waals surface area contributed by atoms with Crippen molar-refractivity contribution in [1.82, 2.24) is 10.2 Å². The van der Waals surface area contributed by atoms with E-state index in [1.54, 1.807) is 26.0 Å². The molecular formula is C18H22N2O5S. The summed E-state index contributed by atoms with van der Waals surface area (Å²) in [4.78, 5) is 37.9. The summed E-state index contributed by atoms with van der Waals surface area (Å²) in [6.45, 7) is 5.43. The van der Waals surface area contributed by atoms with Gasteiger partial charge >= 0.3 is 5.97 Å². The van der Waals surface area contributed by atoms with Gasteiger partial charge in [-0.1, -0.05) is 25.1 Å². The third-order valence-corrected chi connectivity index (χ3v) is 6.23. The molecular weight excluding hydrogens is 356 g/mol. The number of β-lactam (4-membered cyclic amide) rings is 1.